The van der Waals surface area contributed by atoms with Gasteiger partial charge in [0.2, 0.25) is 5.91 Å². The van der Waals surface area contributed by atoms with Gasteiger partial charge >= 0.3 is 0 Å². The molecule has 1 aromatic heterocycles. The van der Waals surface area contributed by atoms with Crippen LogP contribution in [0, 0.1) is 0 Å². The number of nitrogens with one attached hydrogen (secondary N) is 1. The van der Waals surface area contributed by atoms with E-state index in [-0.39, 0.29) is 38.7 Å². The van der Waals surface area contributed by atoms with E-state index in [9.17, 15) is 18.0 Å². The average Bonchev–Trinajstić information content (AvgIpc) is 2.90. The van der Waals surface area contributed by atoms with Crippen molar-refractivity contribution in [2.45, 2.75) is 4.21 Å². The largest absolute Gasteiger partial charge is 0.288 e. The number of hydrogen-bond donors (Lipinski definition) is 1. The highest BCUT2D eigenvalue weighted by atomic mass is 35.5. The van der Waals surface area contributed by atoms with Gasteiger partial charge in [-0.15, -0.1) is 0 Å². The molecule has 2 amide bonds. The maximum absolute atomic E-state index is 11.8. The minimum atomic E-state index is -3.70. The third-order valence-corrected chi connectivity index (χ3v) is 6.08. The third kappa shape index (κ3) is 3.45. The van der Waals surface area contributed by atoms with Crippen LogP contribution in [0.5, 0.6) is 0 Å². The lowest BCUT2D eigenvalue weighted by atomic mass is 10.5. The minimum Gasteiger partial charge on any atom is -0.273 e. The monoisotopic (exact) mass is 341 g/mol. The number of aromatic nitrogens is 1. The number of carbonyl (C=O) groups excluding carboxylic acids is 2. The number of sulfonamides is 1. The fourth-order valence-corrected chi connectivity index (χ4v) is 4.43. The van der Waals surface area contributed by atoms with E-state index in [1.54, 1.807) is 0 Å². The van der Waals surface area contributed by atoms with Crippen molar-refractivity contribution in [1.29, 1.82) is 0 Å². The highest BCUT2D eigenvalue weighted by molar-refractivity contribution is 8.14. The van der Waals surface area contributed by atoms with Gasteiger partial charge in [0.1, 0.15) is 0 Å². The predicted octanol–water partition coefficient (Wildman–Crippen LogP) is 0.770. The number of hydrogen-bond acceptors (Lipinski definition) is 7. The van der Waals surface area contributed by atoms with Gasteiger partial charge in [-0.1, -0.05) is 34.7 Å². The molecule has 0 aliphatic carbocycles. The number of thiazole rings is 1. The Balaban J connectivity index is 1.92. The molecule has 2 heterocycles. The molecule has 1 saturated heterocycles. The zero-order valence-corrected chi connectivity index (χ0v) is 12.5. The molecule has 0 bridgehead atoms. The Kier molecular flexibility index (Phi) is 4.46. The normalized spacial score (nSPS) is 16.4. The molecule has 0 unspecified atom stereocenters. The van der Waals surface area contributed by atoms with Crippen LogP contribution in [0.15, 0.2) is 10.4 Å². The van der Waals surface area contributed by atoms with E-state index in [0.717, 1.165) is 34.2 Å². The van der Waals surface area contributed by atoms with Crippen LogP contribution in [0.2, 0.25) is 4.47 Å². The summed E-state index contributed by atoms with van der Waals surface area (Å²) >= 11 is 7.29. The Hall–Kier alpha value is -0.680. The summed E-state index contributed by atoms with van der Waals surface area (Å²) < 4.78 is 26.0. The van der Waals surface area contributed by atoms with E-state index in [4.69, 9.17) is 11.6 Å². The SMILES string of the molecule is O=C1CSC(=O)N1CCNS(=O)(=O)c1cnc(Cl)s1. The molecule has 0 aromatic carbocycles. The van der Waals surface area contributed by atoms with Gasteiger partial charge in [-0.2, -0.15) is 0 Å². The van der Waals surface area contributed by atoms with Crippen molar-refractivity contribution in [2.24, 2.45) is 0 Å². The predicted molar refractivity (Wildman–Crippen MR) is 71.9 cm³/mol. The van der Waals surface area contributed by atoms with Crippen molar-refractivity contribution in [3.05, 3.63) is 10.7 Å². The van der Waals surface area contributed by atoms with Gasteiger partial charge in [-0.05, 0) is 0 Å². The smallest absolute Gasteiger partial charge is 0.273 e. The standard InChI is InChI=1S/C8H8ClN3O4S3/c9-7-10-3-6(18-7)19(15,16)11-1-2-12-5(13)4-17-8(12)14/h3,11H,1-2,4H2. The number of rotatable bonds is 5. The van der Waals surface area contributed by atoms with Crippen molar-refractivity contribution >= 4 is 55.9 Å². The van der Waals surface area contributed by atoms with Crippen LogP contribution in [-0.4, -0.2) is 48.3 Å². The molecule has 0 saturated carbocycles. The van der Waals surface area contributed by atoms with Crippen LogP contribution < -0.4 is 4.72 Å². The van der Waals surface area contributed by atoms with Crippen molar-refractivity contribution in [1.82, 2.24) is 14.6 Å². The molecule has 1 fully saturated rings. The van der Waals surface area contributed by atoms with Gasteiger partial charge < -0.3 is 0 Å². The lowest BCUT2D eigenvalue weighted by Crippen LogP contribution is -2.37. The second-order valence-corrected chi connectivity index (χ2v) is 7.96. The fraction of sp³-hybridized carbons (Fsp3) is 0.375. The number of carbonyl (C=O) groups is 2. The molecule has 0 radical (unpaired) electrons. The summed E-state index contributed by atoms with van der Waals surface area (Å²) in [5.41, 5.74) is 0. The van der Waals surface area contributed by atoms with Gasteiger partial charge in [0.05, 0.1) is 11.9 Å². The molecule has 1 aromatic rings. The zero-order valence-electron chi connectivity index (χ0n) is 9.33. The molecule has 2 rings (SSSR count). The average molecular weight is 342 g/mol. The van der Waals surface area contributed by atoms with E-state index in [1.807, 2.05) is 0 Å². The van der Waals surface area contributed by atoms with E-state index in [0.29, 0.717) is 0 Å². The third-order valence-electron chi connectivity index (χ3n) is 2.19. The zero-order chi connectivity index (χ0) is 14.0. The molecule has 19 heavy (non-hydrogen) atoms. The Morgan fingerprint density at radius 2 is 2.21 bits per heavy atom. The summed E-state index contributed by atoms with van der Waals surface area (Å²) in [5, 5.41) is -0.356. The quantitative estimate of drug-likeness (QED) is 0.849. The van der Waals surface area contributed by atoms with Crippen molar-refractivity contribution < 1.29 is 18.0 Å². The Morgan fingerprint density at radius 1 is 1.47 bits per heavy atom. The lowest BCUT2D eigenvalue weighted by molar-refractivity contribution is -0.124. The van der Waals surface area contributed by atoms with Crippen LogP contribution in [0.1, 0.15) is 0 Å². The molecular weight excluding hydrogens is 334 g/mol. The van der Waals surface area contributed by atoms with Gasteiger partial charge in [0, 0.05) is 13.1 Å². The van der Waals surface area contributed by atoms with Gasteiger partial charge in [0.25, 0.3) is 15.3 Å². The second kappa shape index (κ2) is 5.75. The number of imide groups is 1. The van der Waals surface area contributed by atoms with E-state index < -0.39 is 10.0 Å². The van der Waals surface area contributed by atoms with Crippen LogP contribution in [-0.2, 0) is 14.8 Å². The summed E-state index contributed by atoms with van der Waals surface area (Å²) in [7, 11) is -3.70. The van der Waals surface area contributed by atoms with Crippen molar-refractivity contribution in [2.75, 3.05) is 18.8 Å². The van der Waals surface area contributed by atoms with E-state index in [2.05, 4.69) is 9.71 Å². The Labute approximate surface area is 122 Å². The highest BCUT2D eigenvalue weighted by Gasteiger charge is 2.29. The lowest BCUT2D eigenvalue weighted by Gasteiger charge is -2.12. The summed E-state index contributed by atoms with van der Waals surface area (Å²) in [5.74, 6) is -0.203. The molecular formula is C8H8ClN3O4S3. The van der Waals surface area contributed by atoms with Crippen LogP contribution in [0.4, 0.5) is 4.79 Å². The maximum Gasteiger partial charge on any atom is 0.288 e. The van der Waals surface area contributed by atoms with Gasteiger partial charge in [0.15, 0.2) is 8.68 Å². The molecule has 0 spiro atoms. The summed E-state index contributed by atoms with van der Waals surface area (Å²) in [6.45, 7) is -0.0354. The van der Waals surface area contributed by atoms with Crippen molar-refractivity contribution in [3.8, 4) is 0 Å². The fourth-order valence-electron chi connectivity index (χ4n) is 1.32. The molecule has 0 atom stereocenters. The molecule has 1 aliphatic heterocycles. The number of amides is 2. The summed E-state index contributed by atoms with van der Waals surface area (Å²) in [4.78, 5) is 27.2. The number of nitrogens with zero attached hydrogens (tertiary/aromatic N) is 2. The first-order valence-corrected chi connectivity index (χ1v) is 8.64. The van der Waals surface area contributed by atoms with Gasteiger partial charge in [-0.25, -0.2) is 18.1 Å². The maximum atomic E-state index is 11.8. The van der Waals surface area contributed by atoms with Crippen LogP contribution in [0.25, 0.3) is 0 Å². The van der Waals surface area contributed by atoms with Crippen LogP contribution >= 0.6 is 34.7 Å². The molecule has 104 valence electrons. The molecule has 7 nitrogen and oxygen atoms in total. The Bertz CT molecular complexity index is 599. The first-order chi connectivity index (χ1) is 8.90. The first-order valence-electron chi connectivity index (χ1n) is 4.98. The minimum absolute atomic E-state index is 0.00838. The van der Waals surface area contributed by atoms with E-state index in [1.165, 1.54) is 0 Å². The molecule has 11 heteroatoms. The number of halogens is 1. The van der Waals surface area contributed by atoms with Crippen LogP contribution in [0.3, 0.4) is 0 Å². The highest BCUT2D eigenvalue weighted by Crippen LogP contribution is 2.22. The summed E-state index contributed by atoms with van der Waals surface area (Å²) in [6, 6.07) is 0. The van der Waals surface area contributed by atoms with E-state index >= 15 is 0 Å². The second-order valence-electron chi connectivity index (χ2n) is 3.43. The van der Waals surface area contributed by atoms with Gasteiger partial charge in [-0.3, -0.25) is 14.5 Å². The Morgan fingerprint density at radius 3 is 2.74 bits per heavy atom. The summed E-state index contributed by atoms with van der Waals surface area (Å²) in [6.07, 6.45) is 1.15. The number of thioether (sulfide) groups is 1. The first kappa shape index (κ1) is 14.7. The molecule has 1 aliphatic rings. The molecule has 1 N–H and O–H groups in total. The van der Waals surface area contributed by atoms with Crippen molar-refractivity contribution in [3.63, 3.8) is 0 Å². The topological polar surface area (TPSA) is 96.4 Å².